The Bertz CT molecular complexity index is 927. The maximum atomic E-state index is 13.0. The molecule has 0 aliphatic carbocycles. The maximum absolute atomic E-state index is 13.0. The van der Waals surface area contributed by atoms with Gasteiger partial charge in [0.15, 0.2) is 16.4 Å². The van der Waals surface area contributed by atoms with Crippen LogP contribution in [0.2, 0.25) is 5.02 Å². The Kier molecular flexibility index (Phi) is 5.99. The van der Waals surface area contributed by atoms with E-state index in [0.29, 0.717) is 10.7 Å². The number of para-hydroxylation sites is 1. The highest BCUT2D eigenvalue weighted by molar-refractivity contribution is 7.94. The molecule has 0 saturated heterocycles. The van der Waals surface area contributed by atoms with Gasteiger partial charge < -0.3 is 5.32 Å². The summed E-state index contributed by atoms with van der Waals surface area (Å²) in [6, 6.07) is 16.3. The van der Waals surface area contributed by atoms with E-state index in [1.54, 1.807) is 11.0 Å². The van der Waals surface area contributed by atoms with Crippen molar-refractivity contribution in [1.29, 1.82) is 0 Å². The van der Waals surface area contributed by atoms with Crippen LogP contribution >= 0.6 is 11.6 Å². The lowest BCUT2D eigenvalue weighted by Crippen LogP contribution is -2.87. The van der Waals surface area contributed by atoms with Crippen LogP contribution in [0, 0.1) is 0 Å². The number of carbonyl (C=O) groups excluding carboxylic acids is 1. The monoisotopic (exact) mass is 405 g/mol. The van der Waals surface area contributed by atoms with Crippen LogP contribution in [0.5, 0.6) is 0 Å². The molecule has 0 spiro atoms. The number of rotatable bonds is 6. The van der Waals surface area contributed by atoms with Crippen molar-refractivity contribution in [2.24, 2.45) is 0 Å². The van der Waals surface area contributed by atoms with Crippen LogP contribution in [-0.2, 0) is 14.6 Å². The zero-order valence-electron chi connectivity index (χ0n) is 15.0. The molecule has 1 heterocycles. The van der Waals surface area contributed by atoms with Crippen LogP contribution in [-0.4, -0.2) is 32.7 Å². The van der Waals surface area contributed by atoms with Gasteiger partial charge in [0.1, 0.15) is 6.04 Å². The summed E-state index contributed by atoms with van der Waals surface area (Å²) in [5.74, 6) is -0.214. The Labute approximate surface area is 164 Å². The molecule has 0 unspecified atom stereocenters. The third kappa shape index (κ3) is 4.97. The largest absolute Gasteiger partial charge is 0.333 e. The van der Waals surface area contributed by atoms with E-state index in [1.807, 2.05) is 66.8 Å². The number of anilines is 1. The first kappa shape index (κ1) is 19.6. The molecule has 0 bridgehead atoms. The van der Waals surface area contributed by atoms with E-state index in [0.717, 1.165) is 5.56 Å². The number of halogens is 1. The predicted octanol–water partition coefficient (Wildman–Crippen LogP) is 2.31. The minimum absolute atomic E-state index is 0.0756. The predicted molar refractivity (Wildman–Crippen MR) is 107 cm³/mol. The number of benzene rings is 2. The summed E-state index contributed by atoms with van der Waals surface area (Å²) in [6.45, 7) is 2.23. The molecule has 27 heavy (non-hydrogen) atoms. The maximum Gasteiger partial charge on any atom is 0.282 e. The number of carbonyl (C=O) groups is 1. The summed E-state index contributed by atoms with van der Waals surface area (Å²) in [6.07, 6.45) is 1.59. The molecule has 2 aromatic rings. The molecule has 1 amide bonds. The van der Waals surface area contributed by atoms with Crippen LogP contribution in [0.15, 0.2) is 66.1 Å². The number of hydrogen-bond donors (Lipinski definition) is 1. The van der Waals surface area contributed by atoms with E-state index in [4.69, 9.17) is 11.6 Å². The number of quaternary nitrogens is 1. The number of nitrogens with zero attached hydrogens (tertiary/aromatic N) is 1. The third-order valence-electron chi connectivity index (χ3n) is 4.59. The number of amides is 1. The zero-order chi connectivity index (χ0) is 19.4. The summed E-state index contributed by atoms with van der Waals surface area (Å²) in [7, 11) is -3.26. The highest BCUT2D eigenvalue weighted by Crippen LogP contribution is 2.22. The topological polar surface area (TPSA) is 71.1 Å². The van der Waals surface area contributed by atoms with Crippen molar-refractivity contribution in [2.45, 2.75) is 19.0 Å². The lowest BCUT2D eigenvalue weighted by Gasteiger charge is -2.27. The van der Waals surface area contributed by atoms with Gasteiger partial charge in [0.2, 0.25) is 0 Å². The normalized spacial score (nSPS) is 19.0. The van der Waals surface area contributed by atoms with Gasteiger partial charge in [-0.05, 0) is 37.3 Å². The molecular formula is C20H22ClN2O3S+. The fourth-order valence-corrected chi connectivity index (χ4v) is 4.50. The number of hydrogen-bond acceptors (Lipinski definition) is 3. The molecule has 0 radical (unpaired) electrons. The van der Waals surface area contributed by atoms with Gasteiger partial charge in [0.25, 0.3) is 5.91 Å². The molecule has 1 aliphatic rings. The van der Waals surface area contributed by atoms with Crippen molar-refractivity contribution in [2.75, 3.05) is 17.2 Å². The van der Waals surface area contributed by atoms with Crippen LogP contribution in [0.4, 0.5) is 5.69 Å². The second kappa shape index (κ2) is 8.25. The lowest BCUT2D eigenvalue weighted by molar-refractivity contribution is -0.682. The van der Waals surface area contributed by atoms with Gasteiger partial charge in [-0.15, -0.1) is 0 Å². The highest BCUT2D eigenvalue weighted by Gasteiger charge is 2.32. The second-order valence-corrected chi connectivity index (χ2v) is 8.97. The van der Waals surface area contributed by atoms with E-state index in [1.165, 1.54) is 5.41 Å². The Balaban J connectivity index is 1.73. The Morgan fingerprint density at radius 3 is 2.44 bits per heavy atom. The third-order valence-corrected chi connectivity index (χ3v) is 6.22. The minimum atomic E-state index is -3.26. The summed E-state index contributed by atoms with van der Waals surface area (Å²) >= 11 is 5.92. The van der Waals surface area contributed by atoms with Crippen molar-refractivity contribution >= 4 is 33.0 Å². The summed E-state index contributed by atoms with van der Waals surface area (Å²) < 4.78 is 23.7. The van der Waals surface area contributed by atoms with Gasteiger partial charge in [0.05, 0.1) is 11.8 Å². The van der Waals surface area contributed by atoms with Crippen molar-refractivity contribution in [3.05, 3.63) is 76.7 Å². The summed E-state index contributed by atoms with van der Waals surface area (Å²) in [5.41, 5.74) is 1.77. The lowest BCUT2D eigenvalue weighted by atomic mass is 10.1. The zero-order valence-corrected chi connectivity index (χ0v) is 16.5. The van der Waals surface area contributed by atoms with Crippen LogP contribution in [0.3, 0.4) is 0 Å². The van der Waals surface area contributed by atoms with Gasteiger partial charge in [-0.2, -0.15) is 0 Å². The second-order valence-electron chi connectivity index (χ2n) is 6.60. The Hall–Kier alpha value is -2.15. The van der Waals surface area contributed by atoms with Gasteiger partial charge >= 0.3 is 0 Å². The van der Waals surface area contributed by atoms with Gasteiger partial charge in [0, 0.05) is 21.7 Å². The first-order valence-electron chi connectivity index (χ1n) is 8.72. The minimum Gasteiger partial charge on any atom is -0.333 e. The van der Waals surface area contributed by atoms with Gasteiger partial charge in [-0.3, -0.25) is 9.69 Å². The SMILES string of the molecule is C[C@H]([NH2+]CC(=O)N(c1ccccc1)[C@H]1C=CS(=O)(=O)C1)c1ccc(Cl)cc1. The van der Waals surface area contributed by atoms with Gasteiger partial charge in [-0.25, -0.2) is 8.42 Å². The molecule has 3 rings (SSSR count). The van der Waals surface area contributed by atoms with E-state index in [9.17, 15) is 13.2 Å². The van der Waals surface area contributed by atoms with Crippen LogP contribution < -0.4 is 10.2 Å². The molecule has 0 fully saturated rings. The van der Waals surface area contributed by atoms with Crippen molar-refractivity contribution < 1.29 is 18.5 Å². The molecule has 2 N–H and O–H groups in total. The molecule has 5 nitrogen and oxygen atoms in total. The van der Waals surface area contributed by atoms with E-state index >= 15 is 0 Å². The first-order chi connectivity index (χ1) is 12.9. The first-order valence-corrected chi connectivity index (χ1v) is 10.8. The van der Waals surface area contributed by atoms with E-state index < -0.39 is 15.9 Å². The van der Waals surface area contributed by atoms with E-state index in [-0.39, 0.29) is 24.2 Å². The molecular weight excluding hydrogens is 384 g/mol. The molecule has 142 valence electrons. The molecule has 1 aliphatic heterocycles. The Morgan fingerprint density at radius 1 is 1.19 bits per heavy atom. The number of nitrogens with two attached hydrogens (primary N) is 1. The average molecular weight is 406 g/mol. The van der Waals surface area contributed by atoms with Crippen molar-refractivity contribution in [3.63, 3.8) is 0 Å². The molecule has 2 aromatic carbocycles. The fraction of sp³-hybridized carbons (Fsp3) is 0.250. The summed E-state index contributed by atoms with van der Waals surface area (Å²) in [4.78, 5) is 14.6. The fourth-order valence-electron chi connectivity index (χ4n) is 3.11. The van der Waals surface area contributed by atoms with Crippen LogP contribution in [0.25, 0.3) is 0 Å². The van der Waals surface area contributed by atoms with Crippen molar-refractivity contribution in [3.8, 4) is 0 Å². The van der Waals surface area contributed by atoms with E-state index in [2.05, 4.69) is 0 Å². The standard InChI is InChI=1S/C20H21ClN2O3S/c1-15(16-7-9-17(21)10-8-16)22-13-20(24)23(18-5-3-2-4-6-18)19-11-12-27(25,26)14-19/h2-12,15,19,22H,13-14H2,1H3/p+1/t15-,19-/m0/s1. The smallest absolute Gasteiger partial charge is 0.282 e. The van der Waals surface area contributed by atoms with Crippen molar-refractivity contribution in [1.82, 2.24) is 0 Å². The van der Waals surface area contributed by atoms with Gasteiger partial charge in [-0.1, -0.05) is 41.9 Å². The quantitative estimate of drug-likeness (QED) is 0.801. The molecule has 2 atom stereocenters. The highest BCUT2D eigenvalue weighted by atomic mass is 35.5. The Morgan fingerprint density at radius 2 is 1.85 bits per heavy atom. The molecule has 7 heteroatoms. The number of sulfone groups is 1. The molecule has 0 aromatic heterocycles. The van der Waals surface area contributed by atoms with Crippen LogP contribution in [0.1, 0.15) is 18.5 Å². The molecule has 0 saturated carbocycles. The average Bonchev–Trinajstić information content (AvgIpc) is 3.00. The summed E-state index contributed by atoms with van der Waals surface area (Å²) in [5, 5.41) is 3.81.